The predicted octanol–water partition coefficient (Wildman–Crippen LogP) is 10.9. The Balaban J connectivity index is 1.55. The lowest BCUT2D eigenvalue weighted by atomic mass is 9.99. The topological polar surface area (TPSA) is 9.34 Å². The number of nitrogens with zero attached hydrogens (tertiary/aromatic N) is 2. The standard InChI is InChI=1S/C38H22N2S/c1-2-11-24(12-3-1)40-31-16-8-6-15-28(31)35-32(40)21-20-30-34-29(19-18-27-26-14-7-9-17-33(26)41-38(27)34)36-25-13-5-4-10-23(25)22-39(36)37(30)35/h1-22H. The number of pyridine rings is 1. The molecule has 0 bridgehead atoms. The minimum atomic E-state index is 1.18. The smallest absolute Gasteiger partial charge is 0.0635 e. The van der Waals surface area contributed by atoms with E-state index in [1.54, 1.807) is 0 Å². The number of fused-ring (bicyclic) bond motifs is 16. The minimum Gasteiger partial charge on any atom is -0.314 e. The van der Waals surface area contributed by atoms with E-state index in [-0.39, 0.29) is 0 Å². The Morgan fingerprint density at radius 2 is 1.12 bits per heavy atom. The van der Waals surface area contributed by atoms with E-state index in [0.29, 0.717) is 0 Å². The number of rotatable bonds is 1. The molecule has 0 N–H and O–H groups in total. The largest absolute Gasteiger partial charge is 0.314 e. The second-order valence-corrected chi connectivity index (χ2v) is 12.0. The van der Waals surface area contributed by atoms with Crippen LogP contribution in [-0.4, -0.2) is 8.97 Å². The summed E-state index contributed by atoms with van der Waals surface area (Å²) in [7, 11) is 0. The molecule has 2 nitrogen and oxygen atoms in total. The van der Waals surface area contributed by atoms with Gasteiger partial charge in [0.05, 0.1) is 22.1 Å². The van der Waals surface area contributed by atoms with Gasteiger partial charge >= 0.3 is 0 Å². The normalized spacial score (nSPS) is 12.4. The highest BCUT2D eigenvalue weighted by atomic mass is 32.1. The molecule has 0 saturated carbocycles. The fourth-order valence-electron chi connectivity index (χ4n) is 7.21. The summed E-state index contributed by atoms with van der Waals surface area (Å²) in [6, 6.07) is 46.7. The van der Waals surface area contributed by atoms with Gasteiger partial charge in [-0.2, -0.15) is 0 Å². The Labute approximate surface area is 238 Å². The van der Waals surface area contributed by atoms with Gasteiger partial charge in [0.2, 0.25) is 0 Å². The average molecular weight is 539 g/mol. The first kappa shape index (κ1) is 21.7. The van der Waals surface area contributed by atoms with Crippen LogP contribution in [-0.2, 0) is 0 Å². The van der Waals surface area contributed by atoms with E-state index >= 15 is 0 Å². The van der Waals surface area contributed by atoms with Gasteiger partial charge in [-0.05, 0) is 30.3 Å². The Kier molecular flexibility index (Phi) is 4.10. The second-order valence-electron chi connectivity index (χ2n) is 10.9. The molecule has 190 valence electrons. The zero-order chi connectivity index (χ0) is 26.7. The molecule has 0 atom stereocenters. The third-order valence-electron chi connectivity index (χ3n) is 8.86. The SMILES string of the molecule is c1ccc(-n2c3ccccc3c3c2ccc2c4c(ccc5c6ccccc6sc54)c4c5ccccc5cn4c23)cc1. The van der Waals surface area contributed by atoms with Gasteiger partial charge in [0.25, 0.3) is 0 Å². The van der Waals surface area contributed by atoms with Crippen molar-refractivity contribution in [2.24, 2.45) is 0 Å². The highest BCUT2D eigenvalue weighted by Gasteiger charge is 2.21. The summed E-state index contributed by atoms with van der Waals surface area (Å²) in [5.41, 5.74) is 6.20. The molecule has 0 spiro atoms. The Morgan fingerprint density at radius 1 is 0.439 bits per heavy atom. The first-order valence-corrected chi connectivity index (χ1v) is 14.9. The van der Waals surface area contributed by atoms with Gasteiger partial charge in [-0.3, -0.25) is 0 Å². The van der Waals surface area contributed by atoms with E-state index in [9.17, 15) is 0 Å². The van der Waals surface area contributed by atoms with Crippen LogP contribution in [0.1, 0.15) is 0 Å². The monoisotopic (exact) mass is 538 g/mol. The van der Waals surface area contributed by atoms with Crippen LogP contribution in [0.3, 0.4) is 0 Å². The quantitative estimate of drug-likeness (QED) is 0.184. The van der Waals surface area contributed by atoms with Crippen molar-refractivity contribution in [2.75, 3.05) is 0 Å². The van der Waals surface area contributed by atoms with Gasteiger partial charge in [0.15, 0.2) is 0 Å². The van der Waals surface area contributed by atoms with E-state index < -0.39 is 0 Å². The molecule has 41 heavy (non-hydrogen) atoms. The van der Waals surface area contributed by atoms with E-state index in [0.717, 1.165) is 0 Å². The van der Waals surface area contributed by atoms with Crippen molar-refractivity contribution in [3.8, 4) is 5.69 Å². The van der Waals surface area contributed by atoms with E-state index in [1.807, 2.05) is 11.3 Å². The molecule has 0 radical (unpaired) electrons. The Morgan fingerprint density at radius 3 is 2.02 bits per heavy atom. The predicted molar refractivity (Wildman–Crippen MR) is 177 cm³/mol. The number of thiophene rings is 1. The summed E-state index contributed by atoms with van der Waals surface area (Å²) >= 11 is 1.92. The van der Waals surface area contributed by atoms with E-state index in [4.69, 9.17) is 0 Å². The van der Waals surface area contributed by atoms with Crippen LogP contribution in [0.4, 0.5) is 0 Å². The third-order valence-corrected chi connectivity index (χ3v) is 10.1. The molecule has 0 aliphatic rings. The number of para-hydroxylation sites is 2. The van der Waals surface area contributed by atoms with Crippen LogP contribution in [0.15, 0.2) is 134 Å². The molecule has 4 aromatic heterocycles. The summed E-state index contributed by atoms with van der Waals surface area (Å²) in [6.07, 6.45) is 2.34. The second kappa shape index (κ2) is 7.75. The molecule has 10 aromatic rings. The molecular formula is C38H22N2S. The van der Waals surface area contributed by atoms with E-state index in [1.165, 1.54) is 85.6 Å². The molecule has 0 aliphatic heterocycles. The lowest BCUT2D eigenvalue weighted by Crippen LogP contribution is -1.94. The highest BCUT2D eigenvalue weighted by Crippen LogP contribution is 2.46. The molecule has 3 heteroatoms. The minimum absolute atomic E-state index is 1.18. The van der Waals surface area contributed by atoms with Crippen molar-refractivity contribution < 1.29 is 0 Å². The molecule has 0 aliphatic carbocycles. The zero-order valence-corrected chi connectivity index (χ0v) is 22.8. The maximum Gasteiger partial charge on any atom is 0.0635 e. The lowest BCUT2D eigenvalue weighted by molar-refractivity contribution is 1.18. The molecule has 6 aromatic carbocycles. The summed E-state index contributed by atoms with van der Waals surface area (Å²) in [5.74, 6) is 0. The fourth-order valence-corrected chi connectivity index (χ4v) is 8.48. The van der Waals surface area contributed by atoms with Crippen LogP contribution in [0, 0.1) is 0 Å². The van der Waals surface area contributed by atoms with Crippen molar-refractivity contribution in [3.63, 3.8) is 0 Å². The zero-order valence-electron chi connectivity index (χ0n) is 22.0. The summed E-state index contributed by atoms with van der Waals surface area (Å²) < 4.78 is 7.60. The summed E-state index contributed by atoms with van der Waals surface area (Å²) in [5, 5.41) is 11.8. The fraction of sp³-hybridized carbons (Fsp3) is 0. The average Bonchev–Trinajstić information content (AvgIpc) is 3.71. The molecule has 0 saturated heterocycles. The van der Waals surface area contributed by atoms with Gasteiger partial charge in [-0.15, -0.1) is 11.3 Å². The number of hydrogen-bond donors (Lipinski definition) is 0. The Bertz CT molecular complexity index is 2690. The molecule has 10 rings (SSSR count). The molecule has 0 amide bonds. The van der Waals surface area contributed by atoms with Gasteiger partial charge in [-0.1, -0.05) is 97.1 Å². The van der Waals surface area contributed by atoms with Crippen LogP contribution >= 0.6 is 11.3 Å². The highest BCUT2D eigenvalue weighted by molar-refractivity contribution is 7.26. The van der Waals surface area contributed by atoms with Crippen molar-refractivity contribution in [3.05, 3.63) is 134 Å². The number of hydrogen-bond acceptors (Lipinski definition) is 1. The van der Waals surface area contributed by atoms with Crippen LogP contribution < -0.4 is 0 Å². The van der Waals surface area contributed by atoms with Gasteiger partial charge in [0.1, 0.15) is 0 Å². The maximum atomic E-state index is 2.48. The maximum absolute atomic E-state index is 2.48. The molecule has 4 heterocycles. The third kappa shape index (κ3) is 2.71. The molecule has 0 fully saturated rings. The van der Waals surface area contributed by atoms with Crippen molar-refractivity contribution in [2.45, 2.75) is 0 Å². The van der Waals surface area contributed by atoms with E-state index in [2.05, 4.69) is 143 Å². The van der Waals surface area contributed by atoms with Gasteiger partial charge in [0, 0.05) is 69.8 Å². The Hall–Kier alpha value is -5.12. The van der Waals surface area contributed by atoms with Crippen molar-refractivity contribution in [1.82, 2.24) is 8.97 Å². The van der Waals surface area contributed by atoms with Crippen LogP contribution in [0.25, 0.3) is 85.6 Å². The van der Waals surface area contributed by atoms with Gasteiger partial charge < -0.3 is 8.97 Å². The lowest BCUT2D eigenvalue weighted by Gasteiger charge is -2.13. The molecule has 0 unspecified atom stereocenters. The first-order chi connectivity index (χ1) is 20.4. The number of aromatic nitrogens is 2. The first-order valence-electron chi connectivity index (χ1n) is 14.0. The van der Waals surface area contributed by atoms with Crippen molar-refractivity contribution >= 4 is 91.3 Å². The van der Waals surface area contributed by atoms with Crippen LogP contribution in [0.5, 0.6) is 0 Å². The summed E-state index contributed by atoms with van der Waals surface area (Å²) in [4.78, 5) is 0. The van der Waals surface area contributed by atoms with Crippen LogP contribution in [0.2, 0.25) is 0 Å². The van der Waals surface area contributed by atoms with Crippen molar-refractivity contribution in [1.29, 1.82) is 0 Å². The molecular weight excluding hydrogens is 516 g/mol. The summed E-state index contributed by atoms with van der Waals surface area (Å²) in [6.45, 7) is 0. The number of benzene rings is 6. The van der Waals surface area contributed by atoms with Gasteiger partial charge in [-0.25, -0.2) is 0 Å².